The van der Waals surface area contributed by atoms with Crippen LogP contribution >= 0.6 is 0 Å². The summed E-state index contributed by atoms with van der Waals surface area (Å²) in [5, 5.41) is 8.96. The standard InChI is InChI=1S/C13H20O2/c1-10(9-14)15-12-8-6-5-7-11(12)13(2,3)4/h5-8,10,14H,9H2,1-4H3. The lowest BCUT2D eigenvalue weighted by molar-refractivity contribution is 0.127. The van der Waals surface area contributed by atoms with E-state index in [4.69, 9.17) is 9.84 Å². The summed E-state index contributed by atoms with van der Waals surface area (Å²) in [6, 6.07) is 7.98. The van der Waals surface area contributed by atoms with E-state index in [1.807, 2.05) is 25.1 Å². The van der Waals surface area contributed by atoms with Crippen LogP contribution in [0.5, 0.6) is 5.75 Å². The summed E-state index contributed by atoms with van der Waals surface area (Å²) in [6.45, 7) is 8.36. The van der Waals surface area contributed by atoms with Crippen molar-refractivity contribution in [3.05, 3.63) is 29.8 Å². The number of rotatable bonds is 3. The number of benzene rings is 1. The number of ether oxygens (including phenoxy) is 1. The minimum absolute atomic E-state index is 0.0402. The van der Waals surface area contributed by atoms with Gasteiger partial charge in [0.2, 0.25) is 0 Å². The highest BCUT2D eigenvalue weighted by molar-refractivity contribution is 5.38. The SMILES string of the molecule is CC(CO)Oc1ccccc1C(C)(C)C. The Labute approximate surface area is 91.9 Å². The summed E-state index contributed by atoms with van der Waals surface area (Å²) in [5.74, 6) is 0.867. The first-order valence-corrected chi connectivity index (χ1v) is 5.32. The maximum absolute atomic E-state index is 8.96. The number of aliphatic hydroxyl groups is 1. The van der Waals surface area contributed by atoms with Gasteiger partial charge in [0.15, 0.2) is 0 Å². The van der Waals surface area contributed by atoms with E-state index >= 15 is 0 Å². The predicted molar refractivity (Wildman–Crippen MR) is 62.3 cm³/mol. The summed E-state index contributed by atoms with van der Waals surface area (Å²) in [5.41, 5.74) is 1.23. The zero-order chi connectivity index (χ0) is 11.5. The predicted octanol–water partition coefficient (Wildman–Crippen LogP) is 2.74. The largest absolute Gasteiger partial charge is 0.488 e. The molecule has 0 amide bonds. The van der Waals surface area contributed by atoms with Crippen molar-refractivity contribution in [3.63, 3.8) is 0 Å². The van der Waals surface area contributed by atoms with Crippen molar-refractivity contribution >= 4 is 0 Å². The number of hydrogen-bond acceptors (Lipinski definition) is 2. The molecule has 2 heteroatoms. The molecule has 0 aliphatic heterocycles. The number of hydrogen-bond donors (Lipinski definition) is 1. The first-order chi connectivity index (χ1) is 6.95. The van der Waals surface area contributed by atoms with E-state index in [1.54, 1.807) is 0 Å². The molecule has 0 bridgehead atoms. The zero-order valence-electron chi connectivity index (χ0n) is 9.95. The molecule has 1 rings (SSSR count). The Morgan fingerprint density at radius 1 is 1.27 bits per heavy atom. The van der Waals surface area contributed by atoms with Crippen molar-refractivity contribution in [1.29, 1.82) is 0 Å². The van der Waals surface area contributed by atoms with E-state index in [2.05, 4.69) is 26.8 Å². The van der Waals surface area contributed by atoms with Gasteiger partial charge in [-0.15, -0.1) is 0 Å². The van der Waals surface area contributed by atoms with Gasteiger partial charge in [-0.2, -0.15) is 0 Å². The fraction of sp³-hybridized carbons (Fsp3) is 0.538. The van der Waals surface area contributed by atoms with Gasteiger partial charge in [0.25, 0.3) is 0 Å². The molecule has 1 atom stereocenters. The van der Waals surface area contributed by atoms with E-state index in [1.165, 1.54) is 5.56 Å². The molecule has 1 aromatic rings. The molecule has 0 radical (unpaired) electrons. The Hall–Kier alpha value is -1.02. The molecular formula is C13H20O2. The Morgan fingerprint density at radius 3 is 2.40 bits per heavy atom. The second-order valence-corrected chi connectivity index (χ2v) is 4.86. The van der Waals surface area contributed by atoms with E-state index in [0.717, 1.165) is 5.75 Å². The van der Waals surface area contributed by atoms with Crippen LogP contribution in [0, 0.1) is 0 Å². The van der Waals surface area contributed by atoms with Gasteiger partial charge in [-0.3, -0.25) is 0 Å². The topological polar surface area (TPSA) is 29.5 Å². The maximum atomic E-state index is 8.96. The van der Waals surface area contributed by atoms with E-state index < -0.39 is 0 Å². The van der Waals surface area contributed by atoms with Crippen LogP contribution in [0.3, 0.4) is 0 Å². The van der Waals surface area contributed by atoms with Crippen LogP contribution in [0.2, 0.25) is 0 Å². The summed E-state index contributed by atoms with van der Waals surface area (Å²) in [4.78, 5) is 0. The van der Waals surface area contributed by atoms with Gasteiger partial charge in [-0.05, 0) is 24.0 Å². The second kappa shape index (κ2) is 4.67. The fourth-order valence-electron chi connectivity index (χ4n) is 1.44. The molecule has 1 N–H and O–H groups in total. The van der Waals surface area contributed by atoms with Crippen molar-refractivity contribution in [1.82, 2.24) is 0 Å². The minimum Gasteiger partial charge on any atom is -0.488 e. The number of para-hydroxylation sites is 1. The van der Waals surface area contributed by atoms with Crippen LogP contribution in [0.25, 0.3) is 0 Å². The smallest absolute Gasteiger partial charge is 0.123 e. The van der Waals surface area contributed by atoms with Crippen LogP contribution in [0.15, 0.2) is 24.3 Å². The summed E-state index contributed by atoms with van der Waals surface area (Å²) >= 11 is 0. The van der Waals surface area contributed by atoms with Crippen molar-refractivity contribution in [3.8, 4) is 5.75 Å². The van der Waals surface area contributed by atoms with Crippen LogP contribution in [-0.4, -0.2) is 17.8 Å². The van der Waals surface area contributed by atoms with Gasteiger partial charge < -0.3 is 9.84 Å². The van der Waals surface area contributed by atoms with Crippen LogP contribution in [0.4, 0.5) is 0 Å². The monoisotopic (exact) mass is 208 g/mol. The third-order valence-electron chi connectivity index (χ3n) is 2.28. The Kier molecular flexibility index (Phi) is 3.75. The molecule has 0 heterocycles. The average Bonchev–Trinajstić information content (AvgIpc) is 2.17. The maximum Gasteiger partial charge on any atom is 0.123 e. The zero-order valence-corrected chi connectivity index (χ0v) is 9.95. The third kappa shape index (κ3) is 3.24. The Bertz CT molecular complexity index is 313. The van der Waals surface area contributed by atoms with Crippen LogP contribution in [-0.2, 0) is 5.41 Å². The van der Waals surface area contributed by atoms with Gasteiger partial charge in [-0.1, -0.05) is 39.0 Å². The summed E-state index contributed by atoms with van der Waals surface area (Å²) in [6.07, 6.45) is -0.159. The fourth-order valence-corrected chi connectivity index (χ4v) is 1.44. The molecule has 84 valence electrons. The molecule has 0 aromatic heterocycles. The van der Waals surface area contributed by atoms with Gasteiger partial charge in [-0.25, -0.2) is 0 Å². The quantitative estimate of drug-likeness (QED) is 0.827. The van der Waals surface area contributed by atoms with Gasteiger partial charge in [0.05, 0.1) is 6.61 Å². The third-order valence-corrected chi connectivity index (χ3v) is 2.28. The van der Waals surface area contributed by atoms with Gasteiger partial charge in [0, 0.05) is 0 Å². The van der Waals surface area contributed by atoms with Gasteiger partial charge >= 0.3 is 0 Å². The lowest BCUT2D eigenvalue weighted by Gasteiger charge is -2.24. The van der Waals surface area contributed by atoms with E-state index in [0.29, 0.717) is 0 Å². The highest BCUT2D eigenvalue weighted by Crippen LogP contribution is 2.31. The molecule has 0 saturated carbocycles. The normalized spacial score (nSPS) is 13.7. The van der Waals surface area contributed by atoms with Crippen molar-refractivity contribution in [2.45, 2.75) is 39.2 Å². The van der Waals surface area contributed by atoms with Crippen molar-refractivity contribution < 1.29 is 9.84 Å². The molecule has 0 aliphatic rings. The summed E-state index contributed by atoms with van der Waals surface area (Å²) in [7, 11) is 0. The van der Waals surface area contributed by atoms with Crippen LogP contribution in [0.1, 0.15) is 33.3 Å². The Morgan fingerprint density at radius 2 is 1.87 bits per heavy atom. The molecule has 0 aliphatic carbocycles. The highest BCUT2D eigenvalue weighted by atomic mass is 16.5. The molecule has 0 saturated heterocycles. The number of aliphatic hydroxyl groups excluding tert-OH is 1. The molecular weight excluding hydrogens is 188 g/mol. The first kappa shape index (κ1) is 12.1. The van der Waals surface area contributed by atoms with Gasteiger partial charge in [0.1, 0.15) is 11.9 Å². The molecule has 1 aromatic carbocycles. The first-order valence-electron chi connectivity index (χ1n) is 5.32. The molecule has 0 fully saturated rings. The van der Waals surface area contributed by atoms with E-state index in [-0.39, 0.29) is 18.1 Å². The average molecular weight is 208 g/mol. The van der Waals surface area contributed by atoms with E-state index in [9.17, 15) is 0 Å². The molecule has 2 nitrogen and oxygen atoms in total. The van der Waals surface area contributed by atoms with Crippen molar-refractivity contribution in [2.75, 3.05) is 6.61 Å². The van der Waals surface area contributed by atoms with Crippen molar-refractivity contribution in [2.24, 2.45) is 0 Å². The molecule has 1 unspecified atom stereocenters. The lowest BCUT2D eigenvalue weighted by atomic mass is 9.86. The Balaban J connectivity index is 2.97. The second-order valence-electron chi connectivity index (χ2n) is 4.86. The molecule has 0 spiro atoms. The molecule has 15 heavy (non-hydrogen) atoms. The lowest BCUT2D eigenvalue weighted by Crippen LogP contribution is -2.20. The minimum atomic E-state index is -0.159. The summed E-state index contributed by atoms with van der Waals surface area (Å²) < 4.78 is 5.67. The van der Waals surface area contributed by atoms with Crippen LogP contribution < -0.4 is 4.74 Å². The highest BCUT2D eigenvalue weighted by Gasteiger charge is 2.19.